The second-order valence-electron chi connectivity index (χ2n) is 10.5. The highest BCUT2D eigenvalue weighted by molar-refractivity contribution is 5.34. The van der Waals surface area contributed by atoms with Crippen LogP contribution in [-0.2, 0) is 0 Å². The van der Waals surface area contributed by atoms with Gasteiger partial charge in [0.1, 0.15) is 5.82 Å². The molecule has 0 bridgehead atoms. The van der Waals surface area contributed by atoms with Gasteiger partial charge < -0.3 is 0 Å². The Balaban J connectivity index is 1.23. The summed E-state index contributed by atoms with van der Waals surface area (Å²) in [4.78, 5) is 0. The number of halogens is 3. The molecule has 0 unspecified atom stereocenters. The molecule has 3 saturated carbocycles. The van der Waals surface area contributed by atoms with Crippen molar-refractivity contribution < 1.29 is 13.2 Å². The van der Waals surface area contributed by atoms with Crippen molar-refractivity contribution in [3.8, 4) is 0 Å². The molecule has 0 saturated heterocycles. The second kappa shape index (κ2) is 9.49. The number of benzene rings is 1. The first kappa shape index (κ1) is 22.0. The molecule has 0 nitrogen and oxygen atoms in total. The Morgan fingerprint density at radius 2 is 1.63 bits per heavy atom. The summed E-state index contributed by atoms with van der Waals surface area (Å²) in [5.74, 6) is 1.52. The lowest BCUT2D eigenvalue weighted by Crippen LogP contribution is -2.43. The summed E-state index contributed by atoms with van der Waals surface area (Å²) >= 11 is 0. The van der Waals surface area contributed by atoms with Gasteiger partial charge in [0.15, 0.2) is 0 Å². The van der Waals surface area contributed by atoms with Crippen LogP contribution in [0.25, 0.3) is 0 Å². The van der Waals surface area contributed by atoms with Gasteiger partial charge in [0, 0.05) is 0 Å². The molecule has 1 aromatic carbocycles. The van der Waals surface area contributed by atoms with Gasteiger partial charge in [0.2, 0.25) is 0 Å². The summed E-state index contributed by atoms with van der Waals surface area (Å²) in [7, 11) is 0. The van der Waals surface area contributed by atoms with Gasteiger partial charge in [-0.15, -0.1) is 0 Å². The fourth-order valence-corrected chi connectivity index (χ4v) is 6.43. The fraction of sp³-hybridized carbons (Fsp3) is 0.704. The molecule has 166 valence electrons. The van der Waals surface area contributed by atoms with Crippen LogP contribution < -0.4 is 0 Å². The molecule has 30 heavy (non-hydrogen) atoms. The van der Waals surface area contributed by atoms with Gasteiger partial charge in [-0.05, 0) is 97.3 Å². The molecule has 1 spiro atoms. The SMILES string of the molecule is CCCCCCCC1CCC(c2ccc(C3CC4(CC(=C(F)F)C4)C3)c(F)c2)CC1. The largest absolute Gasteiger partial charge is 0.269 e. The molecule has 3 aliphatic carbocycles. The Bertz CT molecular complexity index is 737. The van der Waals surface area contributed by atoms with Crippen molar-refractivity contribution >= 4 is 0 Å². The van der Waals surface area contributed by atoms with Crippen molar-refractivity contribution in [2.75, 3.05) is 0 Å². The van der Waals surface area contributed by atoms with Crippen LogP contribution >= 0.6 is 0 Å². The van der Waals surface area contributed by atoms with Crippen molar-refractivity contribution in [1.82, 2.24) is 0 Å². The topological polar surface area (TPSA) is 0 Å². The van der Waals surface area contributed by atoms with Crippen LogP contribution in [0.15, 0.2) is 29.9 Å². The molecule has 3 aliphatic rings. The van der Waals surface area contributed by atoms with Crippen LogP contribution in [-0.4, -0.2) is 0 Å². The maximum Gasteiger partial charge on any atom is 0.269 e. The van der Waals surface area contributed by atoms with E-state index in [1.807, 2.05) is 6.07 Å². The van der Waals surface area contributed by atoms with Crippen molar-refractivity contribution in [3.05, 3.63) is 46.8 Å². The fourth-order valence-electron chi connectivity index (χ4n) is 6.43. The average molecular weight is 419 g/mol. The number of allylic oxidation sites excluding steroid dienone is 1. The Morgan fingerprint density at radius 1 is 0.933 bits per heavy atom. The first-order valence-corrected chi connectivity index (χ1v) is 12.3. The van der Waals surface area contributed by atoms with Gasteiger partial charge in [-0.2, -0.15) is 8.78 Å². The maximum atomic E-state index is 14.9. The zero-order chi connectivity index (χ0) is 21.1. The zero-order valence-corrected chi connectivity index (χ0v) is 18.5. The molecule has 4 rings (SSSR count). The van der Waals surface area contributed by atoms with Gasteiger partial charge in [-0.25, -0.2) is 4.39 Å². The molecule has 0 amide bonds. The van der Waals surface area contributed by atoms with Crippen LogP contribution in [0.2, 0.25) is 0 Å². The molecular weight excluding hydrogens is 381 g/mol. The molecule has 1 aromatic rings. The van der Waals surface area contributed by atoms with Crippen LogP contribution in [0, 0.1) is 17.2 Å². The third-order valence-corrected chi connectivity index (χ3v) is 8.30. The summed E-state index contributed by atoms with van der Waals surface area (Å²) in [6, 6.07) is 5.92. The molecular formula is C27H37F3. The highest BCUT2D eigenvalue weighted by Crippen LogP contribution is 2.64. The minimum absolute atomic E-state index is 0.0451. The minimum Gasteiger partial charge on any atom is -0.207 e. The normalized spacial score (nSPS) is 30.8. The summed E-state index contributed by atoms with van der Waals surface area (Å²) < 4.78 is 40.1. The average Bonchev–Trinajstić information content (AvgIpc) is 2.67. The molecule has 3 fully saturated rings. The summed E-state index contributed by atoms with van der Waals surface area (Å²) in [6.45, 7) is 2.26. The van der Waals surface area contributed by atoms with Crippen LogP contribution in [0.4, 0.5) is 13.2 Å². The van der Waals surface area contributed by atoms with E-state index in [0.29, 0.717) is 24.3 Å². The smallest absolute Gasteiger partial charge is 0.207 e. The van der Waals surface area contributed by atoms with E-state index >= 15 is 0 Å². The third kappa shape index (κ3) is 4.81. The number of hydrogen-bond acceptors (Lipinski definition) is 0. The van der Waals surface area contributed by atoms with Gasteiger partial charge in [-0.1, -0.05) is 57.6 Å². The van der Waals surface area contributed by atoms with E-state index in [1.54, 1.807) is 6.07 Å². The number of hydrogen-bond donors (Lipinski definition) is 0. The number of rotatable bonds is 8. The van der Waals surface area contributed by atoms with Crippen molar-refractivity contribution in [2.45, 2.75) is 109 Å². The molecule has 3 heteroatoms. The van der Waals surface area contributed by atoms with Crippen LogP contribution in [0.1, 0.15) is 120 Å². The predicted molar refractivity (Wildman–Crippen MR) is 117 cm³/mol. The quantitative estimate of drug-likeness (QED) is 0.369. The summed E-state index contributed by atoms with van der Waals surface area (Å²) in [5.41, 5.74) is 2.34. The highest BCUT2D eigenvalue weighted by atomic mass is 19.3. The van der Waals surface area contributed by atoms with E-state index in [2.05, 4.69) is 13.0 Å². The van der Waals surface area contributed by atoms with Crippen LogP contribution in [0.3, 0.4) is 0 Å². The van der Waals surface area contributed by atoms with E-state index in [-0.39, 0.29) is 17.2 Å². The first-order valence-electron chi connectivity index (χ1n) is 12.3. The van der Waals surface area contributed by atoms with E-state index < -0.39 is 6.08 Å². The van der Waals surface area contributed by atoms with Gasteiger partial charge >= 0.3 is 0 Å². The lowest BCUT2D eigenvalue weighted by molar-refractivity contribution is 0.0460. The zero-order valence-electron chi connectivity index (χ0n) is 18.5. The summed E-state index contributed by atoms with van der Waals surface area (Å²) in [6.07, 6.45) is 14.4. The van der Waals surface area contributed by atoms with E-state index in [9.17, 15) is 13.2 Å². The predicted octanol–water partition coefficient (Wildman–Crippen LogP) is 9.27. The van der Waals surface area contributed by atoms with Crippen LogP contribution in [0.5, 0.6) is 0 Å². The maximum absolute atomic E-state index is 14.9. The molecule has 0 aromatic heterocycles. The summed E-state index contributed by atoms with van der Waals surface area (Å²) in [5, 5.41) is 0. The lowest BCUT2D eigenvalue weighted by Gasteiger charge is -2.55. The third-order valence-electron chi connectivity index (χ3n) is 8.30. The Morgan fingerprint density at radius 3 is 2.27 bits per heavy atom. The molecule has 0 N–H and O–H groups in total. The van der Waals surface area contributed by atoms with Gasteiger partial charge in [0.05, 0.1) is 0 Å². The second-order valence-corrected chi connectivity index (χ2v) is 10.5. The first-order chi connectivity index (χ1) is 14.5. The van der Waals surface area contributed by atoms with Crippen molar-refractivity contribution in [3.63, 3.8) is 0 Å². The van der Waals surface area contributed by atoms with Gasteiger partial charge in [-0.3, -0.25) is 0 Å². The van der Waals surface area contributed by atoms with E-state index in [4.69, 9.17) is 0 Å². The molecule has 0 radical (unpaired) electrons. The Labute approximate surface area is 180 Å². The molecule has 0 atom stereocenters. The van der Waals surface area contributed by atoms with E-state index in [0.717, 1.165) is 24.3 Å². The van der Waals surface area contributed by atoms with Crippen molar-refractivity contribution in [2.24, 2.45) is 11.3 Å². The highest BCUT2D eigenvalue weighted by Gasteiger charge is 2.52. The van der Waals surface area contributed by atoms with Gasteiger partial charge in [0.25, 0.3) is 6.08 Å². The lowest BCUT2D eigenvalue weighted by atomic mass is 9.49. The number of unbranched alkanes of at least 4 members (excludes halogenated alkanes) is 4. The molecule has 0 aliphatic heterocycles. The standard InChI is InChI=1S/C27H37F3/c1-2-3-4-5-6-7-19-8-10-20(11-9-19)21-12-13-24(25(28)14-21)22-15-27(16-22)17-23(18-27)26(29)30/h12-14,19-20,22H,2-11,15-18H2,1H3. The molecule has 0 heterocycles. The monoisotopic (exact) mass is 418 g/mol. The Kier molecular flexibility index (Phi) is 6.95. The minimum atomic E-state index is -1.49. The van der Waals surface area contributed by atoms with E-state index in [1.165, 1.54) is 69.8 Å². The Hall–Kier alpha value is -1.25. The van der Waals surface area contributed by atoms with Crippen molar-refractivity contribution in [1.29, 1.82) is 0 Å².